The molecule has 2 aromatic rings. The maximum Gasteiger partial charge on any atom is 0.258 e. The van der Waals surface area contributed by atoms with Gasteiger partial charge in [-0.2, -0.15) is 0 Å². The Morgan fingerprint density at radius 2 is 2.21 bits per heavy atom. The Labute approximate surface area is 115 Å². The summed E-state index contributed by atoms with van der Waals surface area (Å²) in [4.78, 5) is 30.7. The molecule has 1 atom stereocenters. The second-order valence-electron chi connectivity index (χ2n) is 4.63. The van der Waals surface area contributed by atoms with E-state index in [1.165, 1.54) is 0 Å². The predicted molar refractivity (Wildman–Crippen MR) is 75.5 cm³/mol. The Balaban J connectivity index is 2.39. The quantitative estimate of drug-likeness (QED) is 0.935. The van der Waals surface area contributed by atoms with Crippen LogP contribution >= 0.6 is 11.6 Å². The topological polar surface area (TPSA) is 62.8 Å². The molecular weight excluding hydrogens is 264 g/mol. The highest BCUT2D eigenvalue weighted by molar-refractivity contribution is 6.31. The van der Waals surface area contributed by atoms with Crippen molar-refractivity contribution in [2.45, 2.75) is 26.7 Å². The van der Waals surface area contributed by atoms with Crippen LogP contribution in [-0.2, 0) is 11.2 Å². The van der Waals surface area contributed by atoms with E-state index in [1.54, 1.807) is 18.2 Å². The van der Waals surface area contributed by atoms with Crippen LogP contribution in [0.15, 0.2) is 23.0 Å². The molecule has 0 amide bonds. The first-order chi connectivity index (χ1) is 9.01. The van der Waals surface area contributed by atoms with Gasteiger partial charge in [0.1, 0.15) is 11.6 Å². The van der Waals surface area contributed by atoms with Gasteiger partial charge in [0.2, 0.25) is 0 Å². The Bertz CT molecular complexity index is 679. The SMILES string of the molecule is CCC(C)C(=O)Cc1nc2ccc(Cl)cc2c(=O)[nH]1. The molecule has 1 aromatic carbocycles. The van der Waals surface area contributed by atoms with Crippen molar-refractivity contribution < 1.29 is 4.79 Å². The van der Waals surface area contributed by atoms with Crippen molar-refractivity contribution in [1.29, 1.82) is 0 Å². The number of hydrogen-bond acceptors (Lipinski definition) is 3. The molecule has 1 aromatic heterocycles. The first kappa shape index (κ1) is 13.7. The molecule has 2 rings (SSSR count). The summed E-state index contributed by atoms with van der Waals surface area (Å²) in [6, 6.07) is 4.93. The summed E-state index contributed by atoms with van der Waals surface area (Å²) < 4.78 is 0. The first-order valence-electron chi connectivity index (χ1n) is 6.22. The van der Waals surface area contributed by atoms with E-state index in [2.05, 4.69) is 9.97 Å². The van der Waals surface area contributed by atoms with Gasteiger partial charge < -0.3 is 4.98 Å². The monoisotopic (exact) mass is 278 g/mol. The zero-order valence-corrected chi connectivity index (χ0v) is 11.6. The van der Waals surface area contributed by atoms with Crippen LogP contribution in [0.2, 0.25) is 5.02 Å². The van der Waals surface area contributed by atoms with Crippen molar-refractivity contribution >= 4 is 28.3 Å². The molecule has 5 heteroatoms. The van der Waals surface area contributed by atoms with E-state index in [9.17, 15) is 9.59 Å². The average molecular weight is 279 g/mol. The van der Waals surface area contributed by atoms with Gasteiger partial charge in [-0.15, -0.1) is 0 Å². The lowest BCUT2D eigenvalue weighted by Gasteiger charge is -2.07. The van der Waals surface area contributed by atoms with E-state index in [0.29, 0.717) is 21.7 Å². The van der Waals surface area contributed by atoms with Crippen molar-refractivity contribution in [3.63, 3.8) is 0 Å². The smallest absolute Gasteiger partial charge is 0.258 e. The summed E-state index contributed by atoms with van der Waals surface area (Å²) in [6.07, 6.45) is 0.940. The number of ketones is 1. The molecule has 0 radical (unpaired) electrons. The molecule has 0 aliphatic rings. The van der Waals surface area contributed by atoms with Gasteiger partial charge in [-0.25, -0.2) is 4.98 Å². The first-order valence-corrected chi connectivity index (χ1v) is 6.60. The molecule has 0 aliphatic heterocycles. The summed E-state index contributed by atoms with van der Waals surface area (Å²) in [7, 11) is 0. The minimum absolute atomic E-state index is 0.0220. The molecule has 19 heavy (non-hydrogen) atoms. The summed E-state index contributed by atoms with van der Waals surface area (Å²) in [5.41, 5.74) is 0.291. The van der Waals surface area contributed by atoms with Gasteiger partial charge in [0.05, 0.1) is 17.3 Å². The third-order valence-electron chi connectivity index (χ3n) is 3.22. The summed E-state index contributed by atoms with van der Waals surface area (Å²) in [5, 5.41) is 0.926. The van der Waals surface area contributed by atoms with Crippen LogP contribution in [0.3, 0.4) is 0 Å². The van der Waals surface area contributed by atoms with Crippen LogP contribution in [0, 0.1) is 5.92 Å². The molecule has 100 valence electrons. The van der Waals surface area contributed by atoms with E-state index in [0.717, 1.165) is 6.42 Å². The molecule has 0 saturated heterocycles. The summed E-state index contributed by atoms with van der Waals surface area (Å²) >= 11 is 5.84. The Morgan fingerprint density at radius 3 is 2.89 bits per heavy atom. The third-order valence-corrected chi connectivity index (χ3v) is 3.46. The Kier molecular flexibility index (Phi) is 4.00. The van der Waals surface area contributed by atoms with Crippen LogP contribution in [0.5, 0.6) is 0 Å². The Morgan fingerprint density at radius 1 is 1.47 bits per heavy atom. The molecule has 1 N–H and O–H groups in total. The fraction of sp³-hybridized carbons (Fsp3) is 0.357. The number of halogens is 1. The van der Waals surface area contributed by atoms with Gasteiger partial charge in [-0.05, 0) is 24.6 Å². The normalized spacial score (nSPS) is 12.6. The number of rotatable bonds is 4. The number of nitrogens with one attached hydrogen (secondary N) is 1. The predicted octanol–water partition coefficient (Wildman–Crippen LogP) is 2.73. The number of hydrogen-bond donors (Lipinski definition) is 1. The van der Waals surface area contributed by atoms with E-state index in [1.807, 2.05) is 13.8 Å². The second-order valence-corrected chi connectivity index (χ2v) is 5.06. The number of benzene rings is 1. The van der Waals surface area contributed by atoms with Crippen molar-refractivity contribution in [2.75, 3.05) is 0 Å². The van der Waals surface area contributed by atoms with Crippen LogP contribution < -0.4 is 5.56 Å². The molecule has 1 heterocycles. The lowest BCUT2D eigenvalue weighted by molar-refractivity contribution is -0.121. The fourth-order valence-electron chi connectivity index (χ4n) is 1.81. The van der Waals surface area contributed by atoms with Crippen molar-refractivity contribution in [2.24, 2.45) is 5.92 Å². The van der Waals surface area contributed by atoms with Crippen LogP contribution in [0.1, 0.15) is 26.1 Å². The molecule has 0 saturated carbocycles. The summed E-state index contributed by atoms with van der Waals surface area (Å²) in [5.74, 6) is 0.468. The third kappa shape index (κ3) is 3.01. The number of carbonyl (C=O) groups excluding carboxylic acids is 1. The lowest BCUT2D eigenvalue weighted by atomic mass is 10.0. The molecule has 4 nitrogen and oxygen atoms in total. The van der Waals surface area contributed by atoms with E-state index in [-0.39, 0.29) is 23.7 Å². The van der Waals surface area contributed by atoms with Crippen molar-refractivity contribution in [3.05, 3.63) is 39.4 Å². The standard InChI is InChI=1S/C14H15ClN2O2/c1-3-8(2)12(18)7-13-16-11-5-4-9(15)6-10(11)14(19)17-13/h4-6,8H,3,7H2,1-2H3,(H,16,17,19). The lowest BCUT2D eigenvalue weighted by Crippen LogP contribution is -2.18. The van der Waals surface area contributed by atoms with Crippen LogP contribution in [0.25, 0.3) is 10.9 Å². The highest BCUT2D eigenvalue weighted by Gasteiger charge is 2.13. The number of fused-ring (bicyclic) bond motifs is 1. The molecular formula is C14H15ClN2O2. The zero-order valence-electron chi connectivity index (χ0n) is 10.9. The van der Waals surface area contributed by atoms with E-state index < -0.39 is 0 Å². The van der Waals surface area contributed by atoms with E-state index >= 15 is 0 Å². The number of nitrogens with zero attached hydrogens (tertiary/aromatic N) is 1. The number of aromatic nitrogens is 2. The highest BCUT2D eigenvalue weighted by atomic mass is 35.5. The van der Waals surface area contributed by atoms with Gasteiger partial charge in [-0.1, -0.05) is 25.4 Å². The zero-order chi connectivity index (χ0) is 14.0. The number of Topliss-reactive ketones (excluding diaryl/α,β-unsaturated/α-hetero) is 1. The minimum Gasteiger partial charge on any atom is -0.310 e. The number of carbonyl (C=O) groups is 1. The van der Waals surface area contributed by atoms with Crippen molar-refractivity contribution in [3.8, 4) is 0 Å². The Hall–Kier alpha value is -1.68. The number of aromatic amines is 1. The van der Waals surface area contributed by atoms with Gasteiger partial charge in [-0.3, -0.25) is 9.59 Å². The van der Waals surface area contributed by atoms with Crippen LogP contribution in [0.4, 0.5) is 0 Å². The van der Waals surface area contributed by atoms with Gasteiger partial charge >= 0.3 is 0 Å². The molecule has 0 spiro atoms. The van der Waals surface area contributed by atoms with Crippen LogP contribution in [-0.4, -0.2) is 15.8 Å². The van der Waals surface area contributed by atoms with E-state index in [4.69, 9.17) is 11.6 Å². The second kappa shape index (κ2) is 5.53. The largest absolute Gasteiger partial charge is 0.310 e. The van der Waals surface area contributed by atoms with Gasteiger partial charge in [0, 0.05) is 10.9 Å². The molecule has 0 aliphatic carbocycles. The highest BCUT2D eigenvalue weighted by Crippen LogP contribution is 2.15. The average Bonchev–Trinajstić information content (AvgIpc) is 2.38. The molecule has 0 fully saturated rings. The molecule has 0 bridgehead atoms. The van der Waals surface area contributed by atoms with Crippen molar-refractivity contribution in [1.82, 2.24) is 9.97 Å². The minimum atomic E-state index is -0.264. The maximum absolute atomic E-state index is 11.9. The van der Waals surface area contributed by atoms with Gasteiger partial charge in [0.25, 0.3) is 5.56 Å². The maximum atomic E-state index is 11.9. The van der Waals surface area contributed by atoms with Gasteiger partial charge in [0.15, 0.2) is 0 Å². The fourth-order valence-corrected chi connectivity index (χ4v) is 1.98. The number of H-pyrrole nitrogens is 1. The summed E-state index contributed by atoms with van der Waals surface area (Å²) in [6.45, 7) is 3.84. The molecule has 1 unspecified atom stereocenters.